The maximum Gasteiger partial charge on any atom is 0.306 e. The van der Waals surface area contributed by atoms with Crippen molar-refractivity contribution in [2.45, 2.75) is 18.9 Å². The molecule has 0 spiro atoms. The summed E-state index contributed by atoms with van der Waals surface area (Å²) < 4.78 is 0. The van der Waals surface area contributed by atoms with Gasteiger partial charge in [0.25, 0.3) is 0 Å². The summed E-state index contributed by atoms with van der Waals surface area (Å²) in [5, 5.41) is 11.7. The molecule has 2 heterocycles. The quantitative estimate of drug-likeness (QED) is 0.772. The van der Waals surface area contributed by atoms with Crippen molar-refractivity contribution in [3.63, 3.8) is 0 Å². The molecule has 132 valence electrons. The fourth-order valence-corrected chi connectivity index (χ4v) is 3.89. The number of likely N-dealkylation sites (tertiary alicyclic amines) is 1. The van der Waals surface area contributed by atoms with Crippen LogP contribution in [0.5, 0.6) is 0 Å². The number of fused-ring (bicyclic) bond motifs is 1. The molecule has 1 N–H and O–H groups in total. The molecule has 26 heavy (non-hydrogen) atoms. The Labute approximate surface area is 153 Å². The average Bonchev–Trinajstić information content (AvgIpc) is 2.69. The molecule has 1 atom stereocenters. The molecular weight excluding hydrogens is 324 g/mol. The Morgan fingerprint density at radius 2 is 1.73 bits per heavy atom. The van der Waals surface area contributed by atoms with E-state index in [1.54, 1.807) is 0 Å². The zero-order valence-electron chi connectivity index (χ0n) is 14.6. The highest BCUT2D eigenvalue weighted by Crippen LogP contribution is 2.33. The van der Waals surface area contributed by atoms with E-state index >= 15 is 0 Å². The lowest BCUT2D eigenvalue weighted by atomic mass is 9.92. The number of carbonyl (C=O) groups is 1. The van der Waals surface area contributed by atoms with Crippen LogP contribution in [0, 0.1) is 5.92 Å². The van der Waals surface area contributed by atoms with Crippen LogP contribution >= 0.6 is 0 Å². The van der Waals surface area contributed by atoms with Gasteiger partial charge in [-0.25, -0.2) is 0 Å². The Hall–Kier alpha value is -2.72. The van der Waals surface area contributed by atoms with Gasteiger partial charge >= 0.3 is 5.97 Å². The molecule has 0 amide bonds. The summed E-state index contributed by atoms with van der Waals surface area (Å²) in [5.41, 5.74) is 2.22. The van der Waals surface area contributed by atoms with E-state index < -0.39 is 5.97 Å². The number of nitrogens with zero attached hydrogens (tertiary/aromatic N) is 2. The minimum atomic E-state index is -0.676. The van der Waals surface area contributed by atoms with Gasteiger partial charge in [0, 0.05) is 6.20 Å². The molecule has 0 bridgehead atoms. The van der Waals surface area contributed by atoms with Crippen LogP contribution in [0.2, 0.25) is 0 Å². The number of benzene rings is 2. The smallest absolute Gasteiger partial charge is 0.306 e. The highest BCUT2D eigenvalue weighted by Gasteiger charge is 2.30. The number of pyridine rings is 1. The first-order valence-corrected chi connectivity index (χ1v) is 9.09. The van der Waals surface area contributed by atoms with E-state index in [0.29, 0.717) is 12.8 Å². The molecule has 0 radical (unpaired) electrons. The predicted octanol–water partition coefficient (Wildman–Crippen LogP) is 4.12. The topological polar surface area (TPSA) is 53.4 Å². The van der Waals surface area contributed by atoms with Crippen molar-refractivity contribution in [2.24, 2.45) is 5.92 Å². The van der Waals surface area contributed by atoms with Gasteiger partial charge in [0.1, 0.15) is 0 Å². The van der Waals surface area contributed by atoms with Crippen LogP contribution in [0.1, 0.15) is 30.1 Å². The van der Waals surface area contributed by atoms with Crippen LogP contribution in [0.15, 0.2) is 66.9 Å². The summed E-state index contributed by atoms with van der Waals surface area (Å²) in [4.78, 5) is 18.3. The van der Waals surface area contributed by atoms with Crippen LogP contribution in [0.25, 0.3) is 10.8 Å². The lowest BCUT2D eigenvalue weighted by Gasteiger charge is -2.36. The molecule has 2 aromatic carbocycles. The molecule has 1 aromatic heterocycles. The monoisotopic (exact) mass is 346 g/mol. The molecular formula is C22H22N2O2. The molecule has 1 aliphatic heterocycles. The number of carboxylic acids is 1. The second kappa shape index (κ2) is 7.26. The molecule has 1 saturated heterocycles. The van der Waals surface area contributed by atoms with Crippen molar-refractivity contribution < 1.29 is 9.90 Å². The van der Waals surface area contributed by atoms with Gasteiger partial charge in [-0.05, 0) is 60.5 Å². The third-order valence-corrected chi connectivity index (χ3v) is 5.30. The fraction of sp³-hybridized carbons (Fsp3) is 0.273. The Morgan fingerprint density at radius 3 is 2.42 bits per heavy atom. The third-order valence-electron chi connectivity index (χ3n) is 5.30. The van der Waals surface area contributed by atoms with Crippen molar-refractivity contribution in [3.05, 3.63) is 78.1 Å². The largest absolute Gasteiger partial charge is 0.481 e. The summed E-state index contributed by atoms with van der Waals surface area (Å²) >= 11 is 0. The first-order valence-electron chi connectivity index (χ1n) is 9.09. The van der Waals surface area contributed by atoms with Crippen molar-refractivity contribution >= 4 is 16.7 Å². The SMILES string of the molecule is O=C(O)C1CCN(C(c2ccc3ccccc3c2)c2ccccn2)CC1. The maximum atomic E-state index is 11.3. The van der Waals surface area contributed by atoms with E-state index in [9.17, 15) is 9.90 Å². The summed E-state index contributed by atoms with van der Waals surface area (Å²) in [6.45, 7) is 1.54. The number of aliphatic carboxylic acids is 1. The summed E-state index contributed by atoms with van der Waals surface area (Å²) in [6.07, 6.45) is 3.20. The van der Waals surface area contributed by atoms with Crippen molar-refractivity contribution in [2.75, 3.05) is 13.1 Å². The van der Waals surface area contributed by atoms with Gasteiger partial charge in [0.15, 0.2) is 0 Å². The van der Waals surface area contributed by atoms with Crippen LogP contribution in [0.3, 0.4) is 0 Å². The molecule has 1 aliphatic rings. The van der Waals surface area contributed by atoms with E-state index in [0.717, 1.165) is 18.8 Å². The Kier molecular flexibility index (Phi) is 4.67. The summed E-state index contributed by atoms with van der Waals surface area (Å²) in [6, 6.07) is 21.0. The standard InChI is InChI=1S/C22H22N2O2/c25-22(26)17-10-13-24(14-11-17)21(20-7-3-4-12-23-20)19-9-8-16-5-1-2-6-18(16)15-19/h1-9,12,15,17,21H,10-11,13-14H2,(H,25,26). The minimum absolute atomic E-state index is 0.0514. The van der Waals surface area contributed by atoms with Gasteiger partial charge in [0.2, 0.25) is 0 Å². The Balaban J connectivity index is 1.70. The zero-order valence-corrected chi connectivity index (χ0v) is 14.6. The second-order valence-electron chi connectivity index (χ2n) is 6.91. The van der Waals surface area contributed by atoms with Crippen molar-refractivity contribution in [3.8, 4) is 0 Å². The fourth-order valence-electron chi connectivity index (χ4n) is 3.89. The van der Waals surface area contributed by atoms with Gasteiger partial charge in [-0.15, -0.1) is 0 Å². The number of rotatable bonds is 4. The third kappa shape index (κ3) is 3.33. The van der Waals surface area contributed by atoms with E-state index in [-0.39, 0.29) is 12.0 Å². The summed E-state index contributed by atoms with van der Waals surface area (Å²) in [5.74, 6) is -0.906. The second-order valence-corrected chi connectivity index (χ2v) is 6.91. The molecule has 0 aliphatic carbocycles. The number of piperidine rings is 1. The lowest BCUT2D eigenvalue weighted by molar-refractivity contribution is -0.143. The minimum Gasteiger partial charge on any atom is -0.481 e. The Bertz CT molecular complexity index is 902. The average molecular weight is 346 g/mol. The van der Waals surface area contributed by atoms with Crippen molar-refractivity contribution in [1.82, 2.24) is 9.88 Å². The van der Waals surface area contributed by atoms with Gasteiger partial charge in [-0.2, -0.15) is 0 Å². The van der Waals surface area contributed by atoms with Gasteiger partial charge < -0.3 is 5.11 Å². The Morgan fingerprint density at radius 1 is 1.00 bits per heavy atom. The molecule has 3 aromatic rings. The van der Waals surface area contributed by atoms with Crippen LogP contribution in [-0.4, -0.2) is 34.0 Å². The molecule has 4 rings (SSSR count). The van der Waals surface area contributed by atoms with Gasteiger partial charge in [0.05, 0.1) is 17.7 Å². The van der Waals surface area contributed by atoms with Crippen LogP contribution in [0.4, 0.5) is 0 Å². The summed E-state index contributed by atoms with van der Waals surface area (Å²) in [7, 11) is 0. The zero-order chi connectivity index (χ0) is 17.9. The highest BCUT2D eigenvalue weighted by atomic mass is 16.4. The molecule has 0 saturated carbocycles. The van der Waals surface area contributed by atoms with Gasteiger partial charge in [-0.1, -0.05) is 42.5 Å². The van der Waals surface area contributed by atoms with E-state index in [1.165, 1.54) is 16.3 Å². The first-order chi connectivity index (χ1) is 12.7. The normalized spacial score (nSPS) is 17.2. The van der Waals surface area contributed by atoms with Gasteiger partial charge in [-0.3, -0.25) is 14.7 Å². The molecule has 4 nitrogen and oxygen atoms in total. The molecule has 1 fully saturated rings. The number of carboxylic acid groups (broad SMARTS) is 1. The number of aromatic nitrogens is 1. The van der Waals surface area contributed by atoms with Crippen molar-refractivity contribution in [1.29, 1.82) is 0 Å². The molecule has 1 unspecified atom stereocenters. The predicted molar refractivity (Wildman–Crippen MR) is 102 cm³/mol. The van der Waals surface area contributed by atoms with Crippen LogP contribution in [-0.2, 0) is 4.79 Å². The highest BCUT2D eigenvalue weighted by molar-refractivity contribution is 5.83. The van der Waals surface area contributed by atoms with E-state index in [4.69, 9.17) is 0 Å². The van der Waals surface area contributed by atoms with E-state index in [1.807, 2.05) is 18.3 Å². The first kappa shape index (κ1) is 16.7. The van der Waals surface area contributed by atoms with Crippen LogP contribution < -0.4 is 0 Å². The van der Waals surface area contributed by atoms with E-state index in [2.05, 4.69) is 58.4 Å². The number of hydrogen-bond donors (Lipinski definition) is 1. The molecule has 4 heteroatoms. The maximum absolute atomic E-state index is 11.3. The number of hydrogen-bond acceptors (Lipinski definition) is 3. The lowest BCUT2D eigenvalue weighted by Crippen LogP contribution is -2.39.